The van der Waals surface area contributed by atoms with Crippen LogP contribution < -0.4 is 15.0 Å². The molecule has 3 amide bonds. The number of esters is 2. The van der Waals surface area contributed by atoms with Crippen LogP contribution in [0.2, 0.25) is 0 Å². The Labute approximate surface area is 193 Å². The zero-order valence-corrected chi connectivity index (χ0v) is 18.2. The SMILES string of the molecule is COC(=O)c1ccc(NC(=O)c2ccc3c(c2)C(=O)N(c2cccc(OC(C)=O)c2)C3=O)cc1. The molecular weight excluding hydrogens is 440 g/mol. The lowest BCUT2D eigenvalue weighted by molar-refractivity contribution is -0.131. The van der Waals surface area contributed by atoms with Gasteiger partial charge in [0.05, 0.1) is 29.5 Å². The highest BCUT2D eigenvalue weighted by atomic mass is 16.5. The van der Waals surface area contributed by atoms with Gasteiger partial charge in [-0.2, -0.15) is 0 Å². The normalized spacial score (nSPS) is 12.2. The summed E-state index contributed by atoms with van der Waals surface area (Å²) in [5, 5.41) is 2.68. The summed E-state index contributed by atoms with van der Waals surface area (Å²) in [7, 11) is 1.27. The molecule has 34 heavy (non-hydrogen) atoms. The van der Waals surface area contributed by atoms with Crippen molar-refractivity contribution in [3.8, 4) is 5.75 Å². The van der Waals surface area contributed by atoms with E-state index in [1.54, 1.807) is 24.3 Å². The number of anilines is 2. The van der Waals surface area contributed by atoms with Gasteiger partial charge < -0.3 is 14.8 Å². The Balaban J connectivity index is 1.56. The first kappa shape index (κ1) is 22.4. The van der Waals surface area contributed by atoms with E-state index in [1.807, 2.05) is 0 Å². The molecule has 170 valence electrons. The Bertz CT molecular complexity index is 1350. The number of hydrogen-bond donors (Lipinski definition) is 1. The van der Waals surface area contributed by atoms with Crippen LogP contribution >= 0.6 is 0 Å². The fourth-order valence-electron chi connectivity index (χ4n) is 3.48. The first-order chi connectivity index (χ1) is 16.3. The number of methoxy groups -OCH3 is 1. The third-order valence-electron chi connectivity index (χ3n) is 5.05. The molecule has 0 radical (unpaired) electrons. The second-order valence-corrected chi connectivity index (χ2v) is 7.32. The molecule has 3 aromatic carbocycles. The van der Waals surface area contributed by atoms with Crippen LogP contribution in [-0.4, -0.2) is 36.8 Å². The Hall–Kier alpha value is -4.79. The minimum atomic E-state index is -0.600. The molecule has 0 aromatic heterocycles. The summed E-state index contributed by atoms with van der Waals surface area (Å²) in [6.07, 6.45) is 0. The number of nitrogens with one attached hydrogen (secondary N) is 1. The second kappa shape index (κ2) is 8.99. The summed E-state index contributed by atoms with van der Waals surface area (Å²) in [5.74, 6) is -2.48. The average molecular weight is 458 g/mol. The molecule has 0 bridgehead atoms. The molecule has 4 rings (SSSR count). The zero-order valence-electron chi connectivity index (χ0n) is 18.2. The molecule has 1 aliphatic heterocycles. The van der Waals surface area contributed by atoms with Crippen molar-refractivity contribution in [3.63, 3.8) is 0 Å². The molecule has 0 aliphatic carbocycles. The van der Waals surface area contributed by atoms with Crippen LogP contribution in [0.3, 0.4) is 0 Å². The van der Waals surface area contributed by atoms with Crippen molar-refractivity contribution >= 4 is 41.0 Å². The molecule has 0 unspecified atom stereocenters. The maximum Gasteiger partial charge on any atom is 0.337 e. The number of carbonyl (C=O) groups is 5. The molecule has 0 fully saturated rings. The number of nitrogens with zero attached hydrogens (tertiary/aromatic N) is 1. The van der Waals surface area contributed by atoms with E-state index >= 15 is 0 Å². The summed E-state index contributed by atoms with van der Waals surface area (Å²) in [6, 6.07) is 16.4. The smallest absolute Gasteiger partial charge is 0.337 e. The van der Waals surface area contributed by atoms with Crippen LogP contribution in [0.1, 0.15) is 48.4 Å². The molecule has 1 aliphatic rings. The second-order valence-electron chi connectivity index (χ2n) is 7.32. The Morgan fingerprint density at radius 3 is 2.18 bits per heavy atom. The van der Waals surface area contributed by atoms with Crippen molar-refractivity contribution in [3.05, 3.63) is 89.0 Å². The summed E-state index contributed by atoms with van der Waals surface area (Å²) in [5.41, 5.74) is 1.41. The molecule has 0 saturated carbocycles. The zero-order chi connectivity index (χ0) is 24.4. The topological polar surface area (TPSA) is 119 Å². The maximum absolute atomic E-state index is 13.0. The number of rotatable bonds is 5. The molecule has 9 heteroatoms. The Morgan fingerprint density at radius 1 is 0.824 bits per heavy atom. The third-order valence-corrected chi connectivity index (χ3v) is 5.05. The van der Waals surface area contributed by atoms with E-state index in [0.29, 0.717) is 11.3 Å². The highest BCUT2D eigenvalue weighted by molar-refractivity contribution is 6.34. The summed E-state index contributed by atoms with van der Waals surface area (Å²) in [6.45, 7) is 1.24. The van der Waals surface area contributed by atoms with E-state index in [2.05, 4.69) is 10.1 Å². The highest BCUT2D eigenvalue weighted by Crippen LogP contribution is 2.31. The fourth-order valence-corrected chi connectivity index (χ4v) is 3.48. The minimum Gasteiger partial charge on any atom is -0.465 e. The molecule has 1 N–H and O–H groups in total. The first-order valence-electron chi connectivity index (χ1n) is 10.1. The van der Waals surface area contributed by atoms with Gasteiger partial charge in [0, 0.05) is 24.2 Å². The number of ether oxygens (including phenoxy) is 2. The van der Waals surface area contributed by atoms with Crippen LogP contribution in [0.5, 0.6) is 5.75 Å². The highest BCUT2D eigenvalue weighted by Gasteiger charge is 2.37. The van der Waals surface area contributed by atoms with E-state index in [4.69, 9.17) is 4.74 Å². The van der Waals surface area contributed by atoms with Crippen molar-refractivity contribution < 1.29 is 33.4 Å². The molecule has 9 nitrogen and oxygen atoms in total. The van der Waals surface area contributed by atoms with Crippen LogP contribution in [0, 0.1) is 0 Å². The van der Waals surface area contributed by atoms with Crippen molar-refractivity contribution in [2.75, 3.05) is 17.3 Å². The van der Waals surface area contributed by atoms with Crippen molar-refractivity contribution in [1.82, 2.24) is 0 Å². The monoisotopic (exact) mass is 458 g/mol. The van der Waals surface area contributed by atoms with E-state index in [9.17, 15) is 24.0 Å². The Morgan fingerprint density at radius 2 is 1.50 bits per heavy atom. The van der Waals surface area contributed by atoms with Gasteiger partial charge in [0.25, 0.3) is 17.7 Å². The van der Waals surface area contributed by atoms with Crippen LogP contribution in [0.4, 0.5) is 11.4 Å². The maximum atomic E-state index is 13.0. The number of imide groups is 1. The molecule has 0 atom stereocenters. The lowest BCUT2D eigenvalue weighted by Crippen LogP contribution is -2.29. The largest absolute Gasteiger partial charge is 0.465 e. The van der Waals surface area contributed by atoms with E-state index in [1.165, 1.54) is 56.5 Å². The van der Waals surface area contributed by atoms with E-state index in [-0.39, 0.29) is 28.1 Å². The van der Waals surface area contributed by atoms with Crippen LogP contribution in [-0.2, 0) is 9.53 Å². The van der Waals surface area contributed by atoms with Crippen molar-refractivity contribution in [2.45, 2.75) is 6.92 Å². The number of benzene rings is 3. The fraction of sp³-hybridized carbons (Fsp3) is 0.0800. The standard InChI is InChI=1S/C25H18N2O7/c1-14(28)34-19-5-3-4-18(13-19)27-23(30)20-11-8-16(12-21(20)24(27)31)22(29)26-17-9-6-15(7-10-17)25(32)33-2/h3-13H,1-2H3,(H,26,29). The molecule has 0 spiro atoms. The van der Waals surface area contributed by atoms with Gasteiger partial charge in [0.15, 0.2) is 0 Å². The van der Waals surface area contributed by atoms with Crippen LogP contribution in [0.15, 0.2) is 66.7 Å². The predicted molar refractivity (Wildman–Crippen MR) is 121 cm³/mol. The van der Waals surface area contributed by atoms with Gasteiger partial charge in [-0.15, -0.1) is 0 Å². The van der Waals surface area contributed by atoms with Gasteiger partial charge in [-0.25, -0.2) is 9.69 Å². The molecular formula is C25H18N2O7. The van der Waals surface area contributed by atoms with Crippen molar-refractivity contribution in [1.29, 1.82) is 0 Å². The summed E-state index contributed by atoms with van der Waals surface area (Å²) in [4.78, 5) is 62.3. The quantitative estimate of drug-likeness (QED) is 0.353. The van der Waals surface area contributed by atoms with Crippen molar-refractivity contribution in [2.24, 2.45) is 0 Å². The Kier molecular flexibility index (Phi) is 5.92. The number of carbonyl (C=O) groups excluding carboxylic acids is 5. The summed E-state index contributed by atoms with van der Waals surface area (Å²) >= 11 is 0. The molecule has 1 heterocycles. The lowest BCUT2D eigenvalue weighted by Gasteiger charge is -2.14. The van der Waals surface area contributed by atoms with Gasteiger partial charge in [-0.3, -0.25) is 19.2 Å². The minimum absolute atomic E-state index is 0.0802. The third kappa shape index (κ3) is 4.26. The average Bonchev–Trinajstić information content (AvgIpc) is 3.08. The number of amides is 3. The van der Waals surface area contributed by atoms with Gasteiger partial charge in [-0.05, 0) is 54.6 Å². The van der Waals surface area contributed by atoms with E-state index < -0.39 is 29.7 Å². The number of hydrogen-bond acceptors (Lipinski definition) is 7. The summed E-state index contributed by atoms with van der Waals surface area (Å²) < 4.78 is 9.67. The van der Waals surface area contributed by atoms with E-state index in [0.717, 1.165) is 4.90 Å². The molecule has 3 aromatic rings. The van der Waals surface area contributed by atoms with Crippen LogP contribution in [0.25, 0.3) is 0 Å². The first-order valence-corrected chi connectivity index (χ1v) is 10.1. The predicted octanol–water partition coefficient (Wildman–Crippen LogP) is 3.45. The van der Waals surface area contributed by atoms with Gasteiger partial charge in [0.2, 0.25) is 0 Å². The lowest BCUT2D eigenvalue weighted by atomic mass is 10.1. The van der Waals surface area contributed by atoms with Gasteiger partial charge in [-0.1, -0.05) is 6.07 Å². The molecule has 0 saturated heterocycles. The number of fused-ring (bicyclic) bond motifs is 1. The van der Waals surface area contributed by atoms with Gasteiger partial charge >= 0.3 is 11.9 Å². The van der Waals surface area contributed by atoms with Gasteiger partial charge in [0.1, 0.15) is 5.75 Å².